The third-order valence-corrected chi connectivity index (χ3v) is 2.87. The van der Waals surface area contributed by atoms with Crippen molar-refractivity contribution in [2.45, 2.75) is 51.7 Å². The number of amides is 1. The minimum absolute atomic E-state index is 0.00320. The zero-order valence-corrected chi connectivity index (χ0v) is 10.7. The molecule has 94 valence electrons. The number of ether oxygens (including phenoxy) is 1. The largest absolute Gasteiger partial charge is 0.372 e. The van der Waals surface area contributed by atoms with E-state index in [2.05, 4.69) is 6.92 Å². The van der Waals surface area contributed by atoms with Crippen LogP contribution >= 0.6 is 0 Å². The Balaban J connectivity index is 2.41. The molecule has 0 aliphatic carbocycles. The van der Waals surface area contributed by atoms with Gasteiger partial charge in [0, 0.05) is 25.6 Å². The van der Waals surface area contributed by atoms with Gasteiger partial charge in [0.25, 0.3) is 0 Å². The van der Waals surface area contributed by atoms with E-state index in [0.29, 0.717) is 26.1 Å². The lowest BCUT2D eigenvalue weighted by atomic mass is 10.1. The molecule has 0 spiro atoms. The van der Waals surface area contributed by atoms with Gasteiger partial charge in [-0.3, -0.25) is 4.79 Å². The molecule has 1 rings (SSSR count). The van der Waals surface area contributed by atoms with E-state index in [1.165, 1.54) is 0 Å². The van der Waals surface area contributed by atoms with E-state index in [-0.39, 0.29) is 17.6 Å². The Morgan fingerprint density at radius 3 is 2.81 bits per heavy atom. The van der Waals surface area contributed by atoms with E-state index < -0.39 is 0 Å². The van der Waals surface area contributed by atoms with E-state index in [1.54, 1.807) is 0 Å². The zero-order chi connectivity index (χ0) is 12.2. The van der Waals surface area contributed by atoms with Gasteiger partial charge in [0.1, 0.15) is 0 Å². The van der Waals surface area contributed by atoms with Gasteiger partial charge in [-0.15, -0.1) is 0 Å². The number of morpholine rings is 1. The molecule has 0 saturated carbocycles. The van der Waals surface area contributed by atoms with Crippen molar-refractivity contribution >= 4 is 5.91 Å². The molecule has 0 aromatic heterocycles. The maximum atomic E-state index is 12.0. The summed E-state index contributed by atoms with van der Waals surface area (Å²) in [5, 5.41) is 0. The van der Waals surface area contributed by atoms with E-state index in [4.69, 9.17) is 10.5 Å². The second-order valence-electron chi connectivity index (χ2n) is 5.18. The average molecular weight is 228 g/mol. The van der Waals surface area contributed by atoms with Gasteiger partial charge in [0.05, 0.1) is 12.2 Å². The first-order chi connectivity index (χ1) is 7.44. The van der Waals surface area contributed by atoms with Crippen LogP contribution in [0.25, 0.3) is 0 Å². The Bertz CT molecular complexity index is 241. The molecular formula is C12H24N2O2. The fourth-order valence-electron chi connectivity index (χ4n) is 2.06. The Morgan fingerprint density at radius 2 is 2.25 bits per heavy atom. The molecule has 1 fully saturated rings. The van der Waals surface area contributed by atoms with Crippen LogP contribution in [0.2, 0.25) is 0 Å². The van der Waals surface area contributed by atoms with Crippen molar-refractivity contribution in [1.82, 2.24) is 4.90 Å². The van der Waals surface area contributed by atoms with Gasteiger partial charge in [-0.05, 0) is 20.3 Å². The molecule has 0 aromatic rings. The van der Waals surface area contributed by atoms with Crippen molar-refractivity contribution in [3.63, 3.8) is 0 Å². The number of hydrogen-bond donors (Lipinski definition) is 1. The van der Waals surface area contributed by atoms with Crippen LogP contribution in [0, 0.1) is 0 Å². The highest BCUT2D eigenvalue weighted by molar-refractivity contribution is 5.77. The number of carbonyl (C=O) groups is 1. The van der Waals surface area contributed by atoms with Gasteiger partial charge in [-0.25, -0.2) is 0 Å². The lowest BCUT2D eigenvalue weighted by molar-refractivity contribution is -0.146. The van der Waals surface area contributed by atoms with Crippen molar-refractivity contribution in [1.29, 1.82) is 0 Å². The van der Waals surface area contributed by atoms with Gasteiger partial charge >= 0.3 is 0 Å². The van der Waals surface area contributed by atoms with Crippen LogP contribution in [-0.2, 0) is 9.53 Å². The average Bonchev–Trinajstić information content (AvgIpc) is 2.16. The fraction of sp³-hybridized carbons (Fsp3) is 0.917. The minimum atomic E-state index is -0.219. The predicted octanol–water partition coefficient (Wildman–Crippen LogP) is 1.14. The van der Waals surface area contributed by atoms with Crippen LogP contribution in [0.3, 0.4) is 0 Å². The summed E-state index contributed by atoms with van der Waals surface area (Å²) < 4.78 is 5.57. The molecule has 1 aliphatic rings. The standard InChI is InChI=1S/C12H24N2O2/c1-4-5-10(13)8-11(15)14-6-7-16-12(2,3)9-14/h10H,4-9,13H2,1-3H3. The summed E-state index contributed by atoms with van der Waals surface area (Å²) in [7, 11) is 0. The highest BCUT2D eigenvalue weighted by Gasteiger charge is 2.30. The second-order valence-corrected chi connectivity index (χ2v) is 5.18. The summed E-state index contributed by atoms with van der Waals surface area (Å²) in [6.07, 6.45) is 2.41. The highest BCUT2D eigenvalue weighted by atomic mass is 16.5. The number of nitrogens with two attached hydrogens (primary N) is 1. The summed E-state index contributed by atoms with van der Waals surface area (Å²) in [6.45, 7) is 8.10. The summed E-state index contributed by atoms with van der Waals surface area (Å²) in [6, 6.07) is 0.00320. The van der Waals surface area contributed by atoms with Crippen LogP contribution in [0.4, 0.5) is 0 Å². The molecule has 4 nitrogen and oxygen atoms in total. The number of hydrogen-bond acceptors (Lipinski definition) is 3. The smallest absolute Gasteiger partial charge is 0.224 e. The molecular weight excluding hydrogens is 204 g/mol. The van der Waals surface area contributed by atoms with Crippen molar-refractivity contribution in [2.24, 2.45) is 5.73 Å². The molecule has 0 bridgehead atoms. The lowest BCUT2D eigenvalue weighted by Gasteiger charge is -2.38. The van der Waals surface area contributed by atoms with Gasteiger partial charge in [0.2, 0.25) is 5.91 Å². The third kappa shape index (κ3) is 4.10. The van der Waals surface area contributed by atoms with Crippen molar-refractivity contribution in [2.75, 3.05) is 19.7 Å². The van der Waals surface area contributed by atoms with Gasteiger partial charge in [-0.2, -0.15) is 0 Å². The fourth-order valence-corrected chi connectivity index (χ4v) is 2.06. The van der Waals surface area contributed by atoms with Crippen LogP contribution in [0.1, 0.15) is 40.0 Å². The number of rotatable bonds is 4. The quantitative estimate of drug-likeness (QED) is 0.785. The van der Waals surface area contributed by atoms with Crippen molar-refractivity contribution in [3.05, 3.63) is 0 Å². The first-order valence-corrected chi connectivity index (χ1v) is 6.12. The maximum absolute atomic E-state index is 12.0. The molecule has 1 saturated heterocycles. The number of nitrogens with zero attached hydrogens (tertiary/aromatic N) is 1. The first kappa shape index (κ1) is 13.5. The molecule has 1 atom stereocenters. The molecule has 1 heterocycles. The van der Waals surface area contributed by atoms with Crippen molar-refractivity contribution in [3.8, 4) is 0 Å². The Hall–Kier alpha value is -0.610. The zero-order valence-electron chi connectivity index (χ0n) is 10.7. The molecule has 1 amide bonds. The van der Waals surface area contributed by atoms with Crippen LogP contribution in [0.15, 0.2) is 0 Å². The Morgan fingerprint density at radius 1 is 1.56 bits per heavy atom. The van der Waals surface area contributed by atoms with E-state index in [0.717, 1.165) is 12.8 Å². The molecule has 0 aromatic carbocycles. The minimum Gasteiger partial charge on any atom is -0.372 e. The number of carbonyl (C=O) groups excluding carboxylic acids is 1. The predicted molar refractivity (Wildman–Crippen MR) is 64.1 cm³/mol. The molecule has 4 heteroatoms. The van der Waals surface area contributed by atoms with Crippen LogP contribution in [-0.4, -0.2) is 42.1 Å². The van der Waals surface area contributed by atoms with Crippen LogP contribution < -0.4 is 5.73 Å². The monoisotopic (exact) mass is 228 g/mol. The summed E-state index contributed by atoms with van der Waals surface area (Å²) >= 11 is 0. The normalized spacial score (nSPS) is 21.9. The molecule has 16 heavy (non-hydrogen) atoms. The molecule has 1 aliphatic heterocycles. The van der Waals surface area contributed by atoms with E-state index in [9.17, 15) is 4.79 Å². The lowest BCUT2D eigenvalue weighted by Crippen LogP contribution is -2.51. The topological polar surface area (TPSA) is 55.6 Å². The highest BCUT2D eigenvalue weighted by Crippen LogP contribution is 2.17. The maximum Gasteiger partial charge on any atom is 0.224 e. The van der Waals surface area contributed by atoms with Gasteiger partial charge < -0.3 is 15.4 Å². The van der Waals surface area contributed by atoms with Crippen molar-refractivity contribution < 1.29 is 9.53 Å². The summed E-state index contributed by atoms with van der Waals surface area (Å²) in [4.78, 5) is 13.8. The van der Waals surface area contributed by atoms with Gasteiger partial charge in [0.15, 0.2) is 0 Å². The first-order valence-electron chi connectivity index (χ1n) is 6.12. The molecule has 1 unspecified atom stereocenters. The summed E-state index contributed by atoms with van der Waals surface area (Å²) in [5.74, 6) is 0.164. The second kappa shape index (κ2) is 5.64. The van der Waals surface area contributed by atoms with E-state index in [1.807, 2.05) is 18.7 Å². The van der Waals surface area contributed by atoms with Crippen LogP contribution in [0.5, 0.6) is 0 Å². The SMILES string of the molecule is CCCC(N)CC(=O)N1CCOC(C)(C)C1. The molecule has 2 N–H and O–H groups in total. The summed E-state index contributed by atoms with van der Waals surface area (Å²) in [5.41, 5.74) is 5.66. The Kier molecular flexibility index (Phi) is 4.74. The van der Waals surface area contributed by atoms with E-state index >= 15 is 0 Å². The Labute approximate surface area is 98.1 Å². The van der Waals surface area contributed by atoms with Gasteiger partial charge in [-0.1, -0.05) is 13.3 Å². The molecule has 0 radical (unpaired) electrons. The third-order valence-electron chi connectivity index (χ3n) is 2.87.